The molecule has 0 bridgehead atoms. The maximum atomic E-state index is 8.96. The van der Waals surface area contributed by atoms with Crippen LogP contribution in [-0.4, -0.2) is 14.8 Å². The summed E-state index contributed by atoms with van der Waals surface area (Å²) in [5, 5.41) is 8.96. The lowest BCUT2D eigenvalue weighted by Gasteiger charge is -2.04. The van der Waals surface area contributed by atoms with Crippen molar-refractivity contribution in [3.8, 4) is 5.88 Å². The van der Waals surface area contributed by atoms with Crippen molar-refractivity contribution in [1.29, 1.82) is 0 Å². The first-order chi connectivity index (χ1) is 6.34. The number of anilines is 1. The van der Waals surface area contributed by atoms with Gasteiger partial charge >= 0.3 is 0 Å². The van der Waals surface area contributed by atoms with Crippen LogP contribution in [0, 0.1) is 0 Å². The number of nitrogens with zero attached hydrogens (tertiary/aromatic N) is 2. The molecule has 1 heterocycles. The number of benzene rings is 1. The van der Waals surface area contributed by atoms with Gasteiger partial charge in [-0.2, -0.15) is 0 Å². The molecular formula is C9H9N3O. The van der Waals surface area contributed by atoms with Crippen LogP contribution >= 0.6 is 0 Å². The Kier molecular flexibility index (Phi) is 1.88. The number of aromatic hydroxyl groups is 1. The Bertz CT molecular complexity index is 383. The maximum absolute atomic E-state index is 8.96. The fraction of sp³-hybridized carbons (Fsp3) is 0. The predicted octanol–water partition coefficient (Wildman–Crippen LogP) is 1.46. The Balaban J connectivity index is 2.15. The number of rotatable bonds is 2. The summed E-state index contributed by atoms with van der Waals surface area (Å²) in [6.07, 6.45) is 3.00. The van der Waals surface area contributed by atoms with Gasteiger partial charge in [0.05, 0.1) is 11.9 Å². The summed E-state index contributed by atoms with van der Waals surface area (Å²) in [5.74, 6) is 0.00318. The molecule has 2 rings (SSSR count). The van der Waals surface area contributed by atoms with Crippen LogP contribution in [0.2, 0.25) is 0 Å². The SMILES string of the molecule is Oc1cn(Nc2ccccc2)cn1. The molecule has 0 aliphatic heterocycles. The molecule has 0 aliphatic carbocycles. The second-order valence-electron chi connectivity index (χ2n) is 2.62. The summed E-state index contributed by atoms with van der Waals surface area (Å²) in [6, 6.07) is 9.66. The highest BCUT2D eigenvalue weighted by atomic mass is 16.3. The summed E-state index contributed by atoms with van der Waals surface area (Å²) in [7, 11) is 0. The van der Waals surface area contributed by atoms with Crippen molar-refractivity contribution >= 4 is 5.69 Å². The number of para-hydroxylation sites is 1. The highest BCUT2D eigenvalue weighted by Gasteiger charge is 1.94. The van der Waals surface area contributed by atoms with E-state index >= 15 is 0 Å². The monoisotopic (exact) mass is 175 g/mol. The predicted molar refractivity (Wildman–Crippen MR) is 49.4 cm³/mol. The number of imidazole rings is 1. The van der Waals surface area contributed by atoms with E-state index in [-0.39, 0.29) is 5.88 Å². The molecule has 0 aliphatic rings. The fourth-order valence-corrected chi connectivity index (χ4v) is 1.04. The zero-order valence-electron chi connectivity index (χ0n) is 6.88. The van der Waals surface area contributed by atoms with Crippen LogP contribution in [0.15, 0.2) is 42.9 Å². The third-order valence-electron chi connectivity index (χ3n) is 1.60. The summed E-state index contributed by atoms with van der Waals surface area (Å²) >= 11 is 0. The third-order valence-corrected chi connectivity index (χ3v) is 1.60. The number of nitrogens with one attached hydrogen (secondary N) is 1. The highest BCUT2D eigenvalue weighted by molar-refractivity contribution is 5.42. The summed E-state index contributed by atoms with van der Waals surface area (Å²) in [6.45, 7) is 0. The zero-order chi connectivity index (χ0) is 9.10. The van der Waals surface area contributed by atoms with E-state index in [9.17, 15) is 0 Å². The zero-order valence-corrected chi connectivity index (χ0v) is 6.88. The maximum Gasteiger partial charge on any atom is 0.231 e. The van der Waals surface area contributed by atoms with E-state index in [2.05, 4.69) is 10.4 Å². The van der Waals surface area contributed by atoms with Crippen LogP contribution in [0.5, 0.6) is 5.88 Å². The molecule has 0 saturated heterocycles. The van der Waals surface area contributed by atoms with Gasteiger partial charge in [0.25, 0.3) is 0 Å². The molecule has 4 heteroatoms. The van der Waals surface area contributed by atoms with Gasteiger partial charge in [0, 0.05) is 0 Å². The Hall–Kier alpha value is -1.97. The van der Waals surface area contributed by atoms with E-state index in [1.807, 2.05) is 30.3 Å². The standard InChI is InChI=1S/C9H9N3O/c13-9-6-12(7-10-9)11-8-4-2-1-3-5-8/h1-7,11,13H. The fourth-order valence-electron chi connectivity index (χ4n) is 1.04. The highest BCUT2D eigenvalue weighted by Crippen LogP contribution is 2.07. The van der Waals surface area contributed by atoms with E-state index < -0.39 is 0 Å². The summed E-state index contributed by atoms with van der Waals surface area (Å²) in [5.41, 5.74) is 3.96. The first-order valence-electron chi connectivity index (χ1n) is 3.89. The van der Waals surface area contributed by atoms with Crippen LogP contribution in [0.25, 0.3) is 0 Å². The van der Waals surface area contributed by atoms with Crippen LogP contribution in [0.4, 0.5) is 5.69 Å². The molecule has 0 radical (unpaired) electrons. The Morgan fingerprint density at radius 3 is 2.62 bits per heavy atom. The molecule has 2 aromatic rings. The third kappa shape index (κ3) is 1.79. The minimum Gasteiger partial charge on any atom is -0.492 e. The second kappa shape index (κ2) is 3.18. The molecule has 13 heavy (non-hydrogen) atoms. The minimum atomic E-state index is 0.00318. The molecule has 0 amide bonds. The molecule has 0 saturated carbocycles. The van der Waals surface area contributed by atoms with Gasteiger partial charge in [0.2, 0.25) is 5.88 Å². The van der Waals surface area contributed by atoms with Gasteiger partial charge in [0.15, 0.2) is 0 Å². The lowest BCUT2D eigenvalue weighted by atomic mass is 10.3. The number of aromatic nitrogens is 2. The van der Waals surface area contributed by atoms with E-state index in [0.717, 1.165) is 5.69 Å². The van der Waals surface area contributed by atoms with Crippen molar-refractivity contribution in [2.45, 2.75) is 0 Å². The average Bonchev–Trinajstić information content (AvgIpc) is 2.53. The van der Waals surface area contributed by atoms with Crippen molar-refractivity contribution in [2.75, 3.05) is 5.43 Å². The first kappa shape index (κ1) is 7.67. The number of hydrogen-bond acceptors (Lipinski definition) is 3. The Morgan fingerprint density at radius 1 is 1.23 bits per heavy atom. The van der Waals surface area contributed by atoms with Crippen LogP contribution in [-0.2, 0) is 0 Å². The molecule has 0 spiro atoms. The lowest BCUT2D eigenvalue weighted by molar-refractivity contribution is 0.456. The van der Waals surface area contributed by atoms with Crippen molar-refractivity contribution in [3.05, 3.63) is 42.9 Å². The summed E-state index contributed by atoms with van der Waals surface area (Å²) in [4.78, 5) is 3.67. The smallest absolute Gasteiger partial charge is 0.231 e. The van der Waals surface area contributed by atoms with Gasteiger partial charge in [0.1, 0.15) is 6.33 Å². The molecule has 2 N–H and O–H groups in total. The Labute approximate surface area is 75.4 Å². The Morgan fingerprint density at radius 2 is 2.00 bits per heavy atom. The van der Waals surface area contributed by atoms with Crippen LogP contribution < -0.4 is 5.43 Å². The van der Waals surface area contributed by atoms with E-state index in [1.54, 1.807) is 4.68 Å². The van der Waals surface area contributed by atoms with Crippen molar-refractivity contribution in [3.63, 3.8) is 0 Å². The largest absolute Gasteiger partial charge is 0.492 e. The molecule has 0 fully saturated rings. The molecule has 0 atom stereocenters. The minimum absolute atomic E-state index is 0.00318. The molecular weight excluding hydrogens is 166 g/mol. The van der Waals surface area contributed by atoms with Crippen molar-refractivity contribution < 1.29 is 5.11 Å². The van der Waals surface area contributed by atoms with Crippen molar-refractivity contribution in [2.24, 2.45) is 0 Å². The van der Waals surface area contributed by atoms with E-state index in [1.165, 1.54) is 12.5 Å². The van der Waals surface area contributed by atoms with Gasteiger partial charge in [-0.25, -0.2) is 9.66 Å². The van der Waals surface area contributed by atoms with E-state index in [0.29, 0.717) is 0 Å². The van der Waals surface area contributed by atoms with Crippen molar-refractivity contribution in [1.82, 2.24) is 9.66 Å². The average molecular weight is 175 g/mol. The van der Waals surface area contributed by atoms with Gasteiger partial charge in [-0.15, -0.1) is 0 Å². The van der Waals surface area contributed by atoms with Gasteiger partial charge in [-0.1, -0.05) is 18.2 Å². The quantitative estimate of drug-likeness (QED) is 0.726. The summed E-state index contributed by atoms with van der Waals surface area (Å²) < 4.78 is 1.59. The molecule has 0 unspecified atom stereocenters. The van der Waals surface area contributed by atoms with Crippen LogP contribution in [0.3, 0.4) is 0 Å². The molecule has 66 valence electrons. The normalized spacial score (nSPS) is 9.85. The molecule has 4 nitrogen and oxygen atoms in total. The molecule has 1 aromatic carbocycles. The van der Waals surface area contributed by atoms with Gasteiger partial charge in [-0.3, -0.25) is 5.43 Å². The molecule has 1 aromatic heterocycles. The van der Waals surface area contributed by atoms with E-state index in [4.69, 9.17) is 5.11 Å². The first-order valence-corrected chi connectivity index (χ1v) is 3.89. The topological polar surface area (TPSA) is 50.1 Å². The lowest BCUT2D eigenvalue weighted by Crippen LogP contribution is -2.05. The van der Waals surface area contributed by atoms with Gasteiger partial charge < -0.3 is 5.11 Å². The second-order valence-corrected chi connectivity index (χ2v) is 2.62. The van der Waals surface area contributed by atoms with Gasteiger partial charge in [-0.05, 0) is 12.1 Å². The van der Waals surface area contributed by atoms with Crippen LogP contribution in [0.1, 0.15) is 0 Å². The number of hydrogen-bond donors (Lipinski definition) is 2.